The van der Waals surface area contributed by atoms with E-state index in [4.69, 9.17) is 14.2 Å². The molecule has 0 bridgehead atoms. The predicted molar refractivity (Wildman–Crippen MR) is 175 cm³/mol. The third-order valence-electron chi connectivity index (χ3n) is 8.93. The molecule has 0 aromatic rings. The monoisotopic (exact) mass is 612 g/mol. The number of hydrogen-bond donors (Lipinski definition) is 1. The van der Waals surface area contributed by atoms with Crippen molar-refractivity contribution in [1.29, 1.82) is 0 Å². The van der Waals surface area contributed by atoms with Crippen molar-refractivity contribution in [2.75, 3.05) is 26.4 Å². The fraction of sp³-hybridized carbons (Fsp3) is 0.917. The van der Waals surface area contributed by atoms with E-state index >= 15 is 0 Å². The van der Waals surface area contributed by atoms with Crippen LogP contribution in [-0.2, 0) is 28.6 Å². The largest absolute Gasteiger partial charge is 0.481 e. The predicted octanol–water partition coefficient (Wildman–Crippen LogP) is 9.68. The molecule has 43 heavy (non-hydrogen) atoms. The van der Waals surface area contributed by atoms with Gasteiger partial charge in [-0.05, 0) is 51.4 Å². The Morgan fingerprint density at radius 3 is 1.67 bits per heavy atom. The molecule has 0 spiro atoms. The zero-order valence-corrected chi connectivity index (χ0v) is 28.9. The summed E-state index contributed by atoms with van der Waals surface area (Å²) < 4.78 is 16.3. The van der Waals surface area contributed by atoms with Gasteiger partial charge in [0.1, 0.15) is 6.61 Å². The van der Waals surface area contributed by atoms with Gasteiger partial charge in [0.15, 0.2) is 0 Å². The van der Waals surface area contributed by atoms with Gasteiger partial charge in [-0.3, -0.25) is 14.4 Å². The minimum absolute atomic E-state index is 0.174. The summed E-state index contributed by atoms with van der Waals surface area (Å²) in [5.41, 5.74) is -1.30. The van der Waals surface area contributed by atoms with Gasteiger partial charge in [-0.25, -0.2) is 0 Å². The molecular weight excluding hydrogens is 544 g/mol. The smallest absolute Gasteiger partial charge is 0.309 e. The molecule has 0 aliphatic rings. The molecule has 0 aromatic heterocycles. The maximum Gasteiger partial charge on any atom is 0.309 e. The van der Waals surface area contributed by atoms with Crippen molar-refractivity contribution in [2.24, 2.45) is 16.7 Å². The van der Waals surface area contributed by atoms with E-state index in [0.717, 1.165) is 12.8 Å². The number of unbranched alkanes of at least 4 members (excludes halogenated alkanes) is 14. The van der Waals surface area contributed by atoms with Gasteiger partial charge in [-0.1, -0.05) is 118 Å². The van der Waals surface area contributed by atoms with Crippen LogP contribution in [-0.4, -0.2) is 49.4 Å². The third-order valence-corrected chi connectivity index (χ3v) is 8.93. The number of hydrogen-bond acceptors (Lipinski definition) is 6. The van der Waals surface area contributed by atoms with E-state index in [9.17, 15) is 19.5 Å². The highest BCUT2D eigenvalue weighted by Crippen LogP contribution is 2.43. The molecule has 7 heteroatoms. The van der Waals surface area contributed by atoms with Gasteiger partial charge in [-0.2, -0.15) is 0 Å². The Kier molecular flexibility index (Phi) is 24.7. The zero-order chi connectivity index (χ0) is 32.4. The lowest BCUT2D eigenvalue weighted by atomic mass is 9.67. The highest BCUT2D eigenvalue weighted by molar-refractivity contribution is 5.74. The van der Waals surface area contributed by atoms with E-state index in [1.54, 1.807) is 13.8 Å². The molecule has 0 saturated heterocycles. The molecule has 1 N–H and O–H groups in total. The lowest BCUT2D eigenvalue weighted by molar-refractivity contribution is -0.151. The summed E-state index contributed by atoms with van der Waals surface area (Å²) >= 11 is 0. The van der Waals surface area contributed by atoms with Crippen molar-refractivity contribution in [3.63, 3.8) is 0 Å². The molecule has 0 fully saturated rings. The molecule has 0 saturated carbocycles. The first-order valence-corrected chi connectivity index (χ1v) is 17.7. The number of ether oxygens (including phenoxy) is 3. The molecule has 0 aliphatic heterocycles. The fourth-order valence-electron chi connectivity index (χ4n) is 6.01. The Morgan fingerprint density at radius 1 is 0.698 bits per heavy atom. The summed E-state index contributed by atoms with van der Waals surface area (Å²) in [5.74, 6) is -1.59. The lowest BCUT2D eigenvalue weighted by Gasteiger charge is -2.38. The summed E-state index contributed by atoms with van der Waals surface area (Å²) in [4.78, 5) is 36.3. The second kappa shape index (κ2) is 25.7. The van der Waals surface area contributed by atoms with Crippen LogP contribution >= 0.6 is 0 Å². The topological polar surface area (TPSA) is 99.1 Å². The van der Waals surface area contributed by atoms with Gasteiger partial charge in [0, 0.05) is 13.0 Å². The Balaban J connectivity index is 4.06. The summed E-state index contributed by atoms with van der Waals surface area (Å²) in [6, 6.07) is 0. The highest BCUT2D eigenvalue weighted by Gasteiger charge is 2.41. The fourth-order valence-corrected chi connectivity index (χ4v) is 6.01. The lowest BCUT2D eigenvalue weighted by Crippen LogP contribution is -2.36. The first-order valence-electron chi connectivity index (χ1n) is 17.7. The molecule has 7 nitrogen and oxygen atoms in total. The first kappa shape index (κ1) is 41.4. The van der Waals surface area contributed by atoms with Crippen molar-refractivity contribution >= 4 is 17.9 Å². The van der Waals surface area contributed by atoms with Gasteiger partial charge < -0.3 is 19.3 Å². The number of esters is 2. The number of aliphatic carboxylic acids is 1. The van der Waals surface area contributed by atoms with Gasteiger partial charge in [-0.15, -0.1) is 0 Å². The average Bonchev–Trinajstić information content (AvgIpc) is 2.96. The van der Waals surface area contributed by atoms with Crippen LogP contribution < -0.4 is 0 Å². The number of carbonyl (C=O) groups excluding carboxylic acids is 2. The molecular formula is C36H68O7. The number of carboxylic acids is 1. The second-order valence-electron chi connectivity index (χ2n) is 13.3. The van der Waals surface area contributed by atoms with Crippen LogP contribution in [0.4, 0.5) is 0 Å². The van der Waals surface area contributed by atoms with Gasteiger partial charge in [0.25, 0.3) is 0 Å². The summed E-state index contributed by atoms with van der Waals surface area (Å²) in [7, 11) is 0. The number of carbonyl (C=O) groups is 3. The SMILES string of the molecule is CCCCCCCCCCCCCCCCCC(=O)OCCOCCC(C)(CC(C)C(=O)OCC)CC(C)(CC)C(=O)O. The highest BCUT2D eigenvalue weighted by atomic mass is 16.6. The third kappa shape index (κ3) is 21.7. The molecule has 254 valence electrons. The van der Waals surface area contributed by atoms with Crippen LogP contribution in [0.3, 0.4) is 0 Å². The van der Waals surface area contributed by atoms with Crippen LogP contribution in [0.5, 0.6) is 0 Å². The quantitative estimate of drug-likeness (QED) is 0.0637. The Hall–Kier alpha value is -1.63. The van der Waals surface area contributed by atoms with Crippen LogP contribution in [0.2, 0.25) is 0 Å². The van der Waals surface area contributed by atoms with Gasteiger partial charge >= 0.3 is 17.9 Å². The second-order valence-corrected chi connectivity index (χ2v) is 13.3. The summed E-state index contributed by atoms with van der Waals surface area (Å²) in [5, 5.41) is 9.83. The molecule has 0 aromatic carbocycles. The normalized spacial score (nSPS) is 14.9. The molecule has 0 aliphatic carbocycles. The van der Waals surface area contributed by atoms with Crippen molar-refractivity contribution in [3.8, 4) is 0 Å². The first-order chi connectivity index (χ1) is 20.5. The molecule has 3 atom stereocenters. The van der Waals surface area contributed by atoms with Crippen LogP contribution in [0, 0.1) is 16.7 Å². The molecule has 0 rings (SSSR count). The van der Waals surface area contributed by atoms with E-state index in [1.165, 1.54) is 83.5 Å². The average molecular weight is 613 g/mol. The molecule has 0 amide bonds. The zero-order valence-electron chi connectivity index (χ0n) is 28.9. The number of rotatable bonds is 30. The minimum atomic E-state index is -0.883. The van der Waals surface area contributed by atoms with Crippen molar-refractivity contribution in [2.45, 2.75) is 170 Å². The maximum absolute atomic E-state index is 12.3. The number of carboxylic acid groups (broad SMARTS) is 1. The molecule has 0 heterocycles. The van der Waals surface area contributed by atoms with Crippen LogP contribution in [0.25, 0.3) is 0 Å². The van der Waals surface area contributed by atoms with Crippen molar-refractivity contribution in [3.05, 3.63) is 0 Å². The van der Waals surface area contributed by atoms with E-state index in [0.29, 0.717) is 51.9 Å². The van der Waals surface area contributed by atoms with Crippen molar-refractivity contribution in [1.82, 2.24) is 0 Å². The van der Waals surface area contributed by atoms with E-state index in [1.807, 2.05) is 20.8 Å². The van der Waals surface area contributed by atoms with E-state index < -0.39 is 16.8 Å². The summed E-state index contributed by atoms with van der Waals surface area (Å²) in [6.07, 6.45) is 22.0. The van der Waals surface area contributed by atoms with E-state index in [2.05, 4.69) is 6.92 Å². The Labute approximate surface area is 264 Å². The molecule has 3 unspecified atom stereocenters. The van der Waals surface area contributed by atoms with Gasteiger partial charge in [0.05, 0.1) is 24.5 Å². The van der Waals surface area contributed by atoms with E-state index in [-0.39, 0.29) is 24.5 Å². The van der Waals surface area contributed by atoms with Crippen molar-refractivity contribution < 1.29 is 33.7 Å². The Morgan fingerprint density at radius 2 is 1.21 bits per heavy atom. The van der Waals surface area contributed by atoms with Crippen LogP contribution in [0.15, 0.2) is 0 Å². The Bertz CT molecular complexity index is 724. The standard InChI is InChI=1S/C36H68O7/c1-7-10-11-12-13-14-15-16-17-18-19-20-21-22-23-24-32(37)43-28-27-41-26-25-35(5,29-31(4)33(38)42-9-3)30-36(6,8-2)34(39)40/h31H,7-30H2,1-6H3,(H,39,40). The maximum atomic E-state index is 12.3. The summed E-state index contributed by atoms with van der Waals surface area (Å²) in [6.45, 7) is 12.8. The van der Waals surface area contributed by atoms with Gasteiger partial charge in [0.2, 0.25) is 0 Å². The minimum Gasteiger partial charge on any atom is -0.481 e. The molecule has 0 radical (unpaired) electrons. The van der Waals surface area contributed by atoms with Crippen LogP contribution in [0.1, 0.15) is 170 Å².